The lowest BCUT2D eigenvalue weighted by Crippen LogP contribution is -2.48. The zero-order valence-electron chi connectivity index (χ0n) is 18.8. The van der Waals surface area contributed by atoms with Gasteiger partial charge in [-0.1, -0.05) is 6.07 Å². The molecule has 2 aromatic carbocycles. The number of rotatable bonds is 4. The normalized spacial score (nSPS) is 21.6. The number of fused-ring (bicyclic) bond motifs is 1. The van der Waals surface area contributed by atoms with Crippen LogP contribution in [0.3, 0.4) is 0 Å². The van der Waals surface area contributed by atoms with Crippen molar-refractivity contribution in [3.63, 3.8) is 0 Å². The van der Waals surface area contributed by atoms with Gasteiger partial charge in [-0.15, -0.1) is 0 Å². The van der Waals surface area contributed by atoms with Crippen molar-refractivity contribution in [1.29, 1.82) is 0 Å². The minimum atomic E-state index is -4.43. The highest BCUT2D eigenvalue weighted by molar-refractivity contribution is 7.89. The van der Waals surface area contributed by atoms with Gasteiger partial charge in [0.05, 0.1) is 10.5 Å². The molecule has 3 aliphatic rings. The lowest BCUT2D eigenvalue weighted by molar-refractivity contribution is -0.137. The van der Waals surface area contributed by atoms with Crippen molar-refractivity contribution < 1.29 is 26.4 Å². The van der Waals surface area contributed by atoms with Crippen LogP contribution in [0.1, 0.15) is 30.9 Å². The van der Waals surface area contributed by atoms with Gasteiger partial charge < -0.3 is 9.80 Å². The molecule has 0 unspecified atom stereocenters. The summed E-state index contributed by atoms with van der Waals surface area (Å²) in [7, 11) is -3.76. The average Bonchev–Trinajstić information content (AvgIpc) is 3.60. The van der Waals surface area contributed by atoms with Gasteiger partial charge in [-0.25, -0.2) is 8.42 Å². The molecule has 0 aromatic heterocycles. The summed E-state index contributed by atoms with van der Waals surface area (Å²) in [5.74, 6) is 0.206. The molecule has 10 heteroatoms. The first-order chi connectivity index (χ1) is 16.1. The second kappa shape index (κ2) is 8.27. The zero-order valence-corrected chi connectivity index (χ0v) is 19.6. The molecule has 1 atom stereocenters. The van der Waals surface area contributed by atoms with Crippen LogP contribution in [0.25, 0.3) is 0 Å². The predicted octanol–water partition coefficient (Wildman–Crippen LogP) is 3.90. The quantitative estimate of drug-likeness (QED) is 0.648. The molecule has 34 heavy (non-hydrogen) atoms. The first kappa shape index (κ1) is 23.2. The largest absolute Gasteiger partial charge is 0.416 e. The van der Waals surface area contributed by atoms with Crippen LogP contribution in [0.4, 0.5) is 24.5 Å². The zero-order chi connectivity index (χ0) is 24.3. The van der Waals surface area contributed by atoms with E-state index in [4.69, 9.17) is 0 Å². The minimum Gasteiger partial charge on any atom is -0.369 e. The number of anilines is 2. The topological polar surface area (TPSA) is 60.9 Å². The summed E-state index contributed by atoms with van der Waals surface area (Å²) in [6.45, 7) is 2.93. The van der Waals surface area contributed by atoms with Gasteiger partial charge in [0.15, 0.2) is 0 Å². The van der Waals surface area contributed by atoms with E-state index in [0.29, 0.717) is 25.2 Å². The molecule has 2 aliphatic heterocycles. The van der Waals surface area contributed by atoms with Crippen LogP contribution in [-0.4, -0.2) is 50.9 Å². The number of amides is 1. The Labute approximate surface area is 197 Å². The number of carbonyl (C=O) groups is 1. The summed E-state index contributed by atoms with van der Waals surface area (Å²) in [6.07, 6.45) is -1.99. The Balaban J connectivity index is 1.30. The van der Waals surface area contributed by atoms with Crippen LogP contribution < -0.4 is 9.80 Å². The lowest BCUT2D eigenvalue weighted by Gasteiger charge is -2.35. The number of hydrogen-bond acceptors (Lipinski definition) is 4. The van der Waals surface area contributed by atoms with Crippen LogP contribution in [-0.2, 0) is 27.4 Å². The lowest BCUT2D eigenvalue weighted by atomic mass is 10.1. The van der Waals surface area contributed by atoms with E-state index < -0.39 is 21.8 Å². The van der Waals surface area contributed by atoms with E-state index in [9.17, 15) is 26.4 Å². The van der Waals surface area contributed by atoms with Gasteiger partial charge in [-0.05, 0) is 68.1 Å². The van der Waals surface area contributed by atoms with Crippen LogP contribution in [0.5, 0.6) is 0 Å². The summed E-state index contributed by atoms with van der Waals surface area (Å²) in [6, 6.07) is 10.0. The third kappa shape index (κ3) is 4.17. The fourth-order valence-corrected chi connectivity index (χ4v) is 6.32. The molecule has 2 heterocycles. The van der Waals surface area contributed by atoms with Crippen molar-refractivity contribution >= 4 is 27.3 Å². The number of hydrogen-bond donors (Lipinski definition) is 0. The summed E-state index contributed by atoms with van der Waals surface area (Å²) in [5.41, 5.74) is 1.35. The molecule has 2 aromatic rings. The highest BCUT2D eigenvalue weighted by atomic mass is 32.2. The van der Waals surface area contributed by atoms with Gasteiger partial charge >= 0.3 is 6.18 Å². The van der Waals surface area contributed by atoms with Crippen LogP contribution in [0.15, 0.2) is 47.4 Å². The summed E-state index contributed by atoms with van der Waals surface area (Å²) < 4.78 is 67.1. The third-order valence-corrected chi connectivity index (χ3v) is 8.74. The number of nitrogens with zero attached hydrogens (tertiary/aromatic N) is 3. The van der Waals surface area contributed by atoms with Gasteiger partial charge in [0, 0.05) is 49.5 Å². The Bertz CT molecular complexity index is 1220. The van der Waals surface area contributed by atoms with E-state index in [2.05, 4.69) is 0 Å². The number of halogens is 3. The molecule has 1 saturated carbocycles. The molecule has 0 N–H and O–H groups in total. The fourth-order valence-electron chi connectivity index (χ4n) is 4.85. The predicted molar refractivity (Wildman–Crippen MR) is 122 cm³/mol. The monoisotopic (exact) mass is 493 g/mol. The molecular weight excluding hydrogens is 467 g/mol. The Hall–Kier alpha value is -2.59. The van der Waals surface area contributed by atoms with Gasteiger partial charge in [0.25, 0.3) is 0 Å². The van der Waals surface area contributed by atoms with Crippen LogP contribution >= 0.6 is 0 Å². The van der Waals surface area contributed by atoms with Crippen molar-refractivity contribution in [3.8, 4) is 0 Å². The minimum absolute atomic E-state index is 0.00272. The molecule has 0 radical (unpaired) electrons. The number of sulfonamides is 1. The van der Waals surface area contributed by atoms with E-state index in [0.717, 1.165) is 36.2 Å². The molecule has 1 saturated heterocycles. The molecule has 0 bridgehead atoms. The highest BCUT2D eigenvalue weighted by Crippen LogP contribution is 2.40. The second-order valence-corrected chi connectivity index (χ2v) is 11.2. The molecule has 1 aliphatic carbocycles. The molecule has 6 nitrogen and oxygen atoms in total. The number of alkyl halides is 3. The number of benzene rings is 2. The summed E-state index contributed by atoms with van der Waals surface area (Å²) >= 11 is 0. The van der Waals surface area contributed by atoms with Gasteiger partial charge in [0.1, 0.15) is 0 Å². The second-order valence-electron chi connectivity index (χ2n) is 9.27. The third-order valence-electron chi connectivity index (χ3n) is 6.85. The smallest absolute Gasteiger partial charge is 0.369 e. The van der Waals surface area contributed by atoms with Gasteiger partial charge in [0.2, 0.25) is 15.9 Å². The Morgan fingerprint density at radius 1 is 1.00 bits per heavy atom. The first-order valence-corrected chi connectivity index (χ1v) is 12.9. The van der Waals surface area contributed by atoms with E-state index in [1.54, 1.807) is 34.1 Å². The number of piperazine rings is 1. The summed E-state index contributed by atoms with van der Waals surface area (Å²) in [5, 5.41) is 0. The van der Waals surface area contributed by atoms with Crippen molar-refractivity contribution in [1.82, 2.24) is 4.31 Å². The van der Waals surface area contributed by atoms with Gasteiger partial charge in [-0.3, -0.25) is 4.79 Å². The average molecular weight is 494 g/mol. The SMILES string of the molecule is C[C@H]1Cc2cc(S(=O)(=O)N3CCN(c4cccc(C(F)(F)F)c4)CC3)ccc2N1C(=O)C1CC1. The molecule has 1 amide bonds. The molecule has 182 valence electrons. The van der Waals surface area contributed by atoms with Crippen LogP contribution in [0, 0.1) is 5.92 Å². The molecule has 5 rings (SSSR count). The standard InChI is InChI=1S/C24H26F3N3O3S/c1-16-13-18-14-21(7-8-22(18)30(16)23(31)17-5-6-17)34(32,33)29-11-9-28(10-12-29)20-4-2-3-19(15-20)24(25,26)27/h2-4,7-8,14-17H,5-6,9-13H2,1H3/t16-/m0/s1. The Morgan fingerprint density at radius 2 is 1.71 bits per heavy atom. The maximum absolute atomic E-state index is 13.3. The van der Waals surface area contributed by atoms with Crippen molar-refractivity contribution in [2.24, 2.45) is 5.92 Å². The van der Waals surface area contributed by atoms with Crippen molar-refractivity contribution in [2.45, 2.75) is 43.3 Å². The van der Waals surface area contributed by atoms with E-state index in [1.165, 1.54) is 10.4 Å². The van der Waals surface area contributed by atoms with Crippen LogP contribution in [0.2, 0.25) is 0 Å². The molecule has 0 spiro atoms. The van der Waals surface area contributed by atoms with Crippen molar-refractivity contribution in [2.75, 3.05) is 36.0 Å². The van der Waals surface area contributed by atoms with Crippen molar-refractivity contribution in [3.05, 3.63) is 53.6 Å². The molecule has 2 fully saturated rings. The van der Waals surface area contributed by atoms with E-state index in [1.807, 2.05) is 6.92 Å². The maximum atomic E-state index is 13.3. The van der Waals surface area contributed by atoms with E-state index >= 15 is 0 Å². The Morgan fingerprint density at radius 3 is 2.35 bits per heavy atom. The Kier molecular flexibility index (Phi) is 5.63. The molecular formula is C24H26F3N3O3S. The van der Waals surface area contributed by atoms with E-state index in [-0.39, 0.29) is 35.9 Å². The number of carbonyl (C=O) groups excluding carboxylic acids is 1. The summed E-state index contributed by atoms with van der Waals surface area (Å²) in [4.78, 5) is 16.4. The highest BCUT2D eigenvalue weighted by Gasteiger charge is 2.40. The fraction of sp³-hybridized carbons (Fsp3) is 0.458. The first-order valence-electron chi connectivity index (χ1n) is 11.4. The maximum Gasteiger partial charge on any atom is 0.416 e. The van der Waals surface area contributed by atoms with Gasteiger partial charge in [-0.2, -0.15) is 17.5 Å².